The van der Waals surface area contributed by atoms with E-state index in [1.807, 2.05) is 6.92 Å². The van der Waals surface area contributed by atoms with Crippen molar-refractivity contribution in [2.24, 2.45) is 0 Å². The summed E-state index contributed by atoms with van der Waals surface area (Å²) < 4.78 is 56.3. The number of benzene rings is 2. The van der Waals surface area contributed by atoms with Crippen LogP contribution in [0.25, 0.3) is 0 Å². The number of rotatable bonds is 7. The molecule has 0 spiro atoms. The molecule has 2 aliphatic rings. The van der Waals surface area contributed by atoms with Crippen LogP contribution < -0.4 is 4.72 Å². The summed E-state index contributed by atoms with van der Waals surface area (Å²) >= 11 is 0. The predicted octanol–water partition coefficient (Wildman–Crippen LogP) is 2.96. The van der Waals surface area contributed by atoms with Gasteiger partial charge in [-0.2, -0.15) is 4.31 Å². The van der Waals surface area contributed by atoms with Crippen molar-refractivity contribution < 1.29 is 21.6 Å². The summed E-state index contributed by atoms with van der Waals surface area (Å²) in [5.74, 6) is 0.0120. The van der Waals surface area contributed by atoms with Gasteiger partial charge < -0.3 is 4.90 Å². The van der Waals surface area contributed by atoms with E-state index in [-0.39, 0.29) is 27.8 Å². The topological polar surface area (TPSA) is 104 Å². The smallest absolute Gasteiger partial charge is 0.261 e. The van der Waals surface area contributed by atoms with Crippen molar-refractivity contribution in [2.45, 2.75) is 61.4 Å². The summed E-state index contributed by atoms with van der Waals surface area (Å²) in [6, 6.07) is 12.2. The van der Waals surface area contributed by atoms with E-state index >= 15 is 0 Å². The highest BCUT2D eigenvalue weighted by atomic mass is 32.2. The van der Waals surface area contributed by atoms with Gasteiger partial charge in [-0.15, -0.1) is 0 Å². The van der Waals surface area contributed by atoms with Crippen LogP contribution in [0, 0.1) is 6.92 Å². The maximum Gasteiger partial charge on any atom is 0.261 e. The third-order valence-electron chi connectivity index (χ3n) is 6.19. The van der Waals surface area contributed by atoms with Crippen LogP contribution in [0.2, 0.25) is 0 Å². The third kappa shape index (κ3) is 5.23. The minimum atomic E-state index is -3.77. The van der Waals surface area contributed by atoms with Gasteiger partial charge in [-0.3, -0.25) is 9.52 Å². The molecule has 0 radical (unpaired) electrons. The molecule has 178 valence electrons. The molecule has 0 bridgehead atoms. The van der Waals surface area contributed by atoms with E-state index in [2.05, 4.69) is 4.72 Å². The summed E-state index contributed by atoms with van der Waals surface area (Å²) in [6.07, 6.45) is 2.90. The van der Waals surface area contributed by atoms with Crippen LogP contribution >= 0.6 is 0 Å². The van der Waals surface area contributed by atoms with Gasteiger partial charge in [-0.05, 0) is 69.0 Å². The number of nitrogens with zero attached hydrogens (tertiary/aromatic N) is 2. The number of piperidine rings is 1. The largest absolute Gasteiger partial charge is 0.343 e. The third-order valence-corrected chi connectivity index (χ3v) is 9.61. The molecule has 1 N–H and O–H groups in total. The number of hydrogen-bond acceptors (Lipinski definition) is 5. The number of nitrogens with one attached hydrogen (secondary N) is 1. The molecule has 2 aromatic rings. The minimum absolute atomic E-state index is 0.0106. The SMILES string of the molecule is CC(=O)N1CCC(N(C2CC2)S(=O)(=O)c2ccc(NS(=O)(=O)c3ccc(C)cc3)cc2)CC1. The Morgan fingerprint density at radius 2 is 1.36 bits per heavy atom. The normalized spacial score (nSPS) is 17.8. The highest BCUT2D eigenvalue weighted by Gasteiger charge is 2.43. The Morgan fingerprint density at radius 3 is 1.88 bits per heavy atom. The van der Waals surface area contributed by atoms with Gasteiger partial charge in [-0.25, -0.2) is 16.8 Å². The van der Waals surface area contributed by atoms with Crippen LogP contribution in [-0.4, -0.2) is 57.1 Å². The second kappa shape index (κ2) is 9.08. The first-order valence-corrected chi connectivity index (χ1v) is 14.0. The summed E-state index contributed by atoms with van der Waals surface area (Å²) in [6.45, 7) is 4.52. The fourth-order valence-electron chi connectivity index (χ4n) is 4.20. The molecular weight excluding hydrogens is 462 g/mol. The van der Waals surface area contributed by atoms with Gasteiger partial charge in [0.25, 0.3) is 10.0 Å². The van der Waals surface area contributed by atoms with Gasteiger partial charge in [0, 0.05) is 37.8 Å². The van der Waals surface area contributed by atoms with E-state index < -0.39 is 20.0 Å². The number of aryl methyl sites for hydroxylation is 1. The van der Waals surface area contributed by atoms with Crippen LogP contribution in [-0.2, 0) is 24.8 Å². The van der Waals surface area contributed by atoms with E-state index in [4.69, 9.17) is 0 Å². The van der Waals surface area contributed by atoms with Gasteiger partial charge in [0.1, 0.15) is 0 Å². The number of anilines is 1. The van der Waals surface area contributed by atoms with Gasteiger partial charge in [0.05, 0.1) is 9.79 Å². The summed E-state index contributed by atoms with van der Waals surface area (Å²) in [4.78, 5) is 13.7. The first kappa shape index (κ1) is 23.7. The molecule has 4 rings (SSSR count). The second-order valence-corrected chi connectivity index (χ2v) is 12.3. The number of amides is 1. The van der Waals surface area contributed by atoms with Crippen molar-refractivity contribution in [3.05, 3.63) is 54.1 Å². The van der Waals surface area contributed by atoms with Crippen molar-refractivity contribution in [1.29, 1.82) is 0 Å². The molecule has 0 aromatic heterocycles. The van der Waals surface area contributed by atoms with Gasteiger partial charge >= 0.3 is 0 Å². The van der Waals surface area contributed by atoms with E-state index in [1.165, 1.54) is 43.3 Å². The second-order valence-electron chi connectivity index (χ2n) is 8.75. The zero-order valence-corrected chi connectivity index (χ0v) is 20.4. The zero-order valence-electron chi connectivity index (χ0n) is 18.8. The van der Waals surface area contributed by atoms with Crippen LogP contribution in [0.15, 0.2) is 58.3 Å². The summed E-state index contributed by atoms with van der Waals surface area (Å²) in [7, 11) is -7.51. The Balaban J connectivity index is 1.51. The molecule has 1 saturated heterocycles. The van der Waals surface area contributed by atoms with Crippen molar-refractivity contribution in [3.63, 3.8) is 0 Å². The standard InChI is InChI=1S/C23H29N3O5S2/c1-17-3-9-22(10-4-17)32(28,29)24-19-5-11-23(12-6-19)33(30,31)26(20-7-8-20)21-13-15-25(16-14-21)18(2)27/h3-6,9-12,20-21,24H,7-8,13-16H2,1-2H3. The molecule has 1 aliphatic carbocycles. The molecule has 1 amide bonds. The van der Waals surface area contributed by atoms with E-state index in [0.717, 1.165) is 18.4 Å². The fraction of sp³-hybridized carbons (Fsp3) is 0.435. The maximum absolute atomic E-state index is 13.5. The maximum atomic E-state index is 13.5. The van der Waals surface area contributed by atoms with Crippen LogP contribution in [0.1, 0.15) is 38.2 Å². The van der Waals surface area contributed by atoms with Gasteiger partial charge in [-0.1, -0.05) is 17.7 Å². The number of likely N-dealkylation sites (tertiary alicyclic amines) is 1. The molecule has 1 saturated carbocycles. The Hall–Kier alpha value is -2.43. The lowest BCUT2D eigenvalue weighted by Gasteiger charge is -2.37. The minimum Gasteiger partial charge on any atom is -0.343 e. The molecule has 10 heteroatoms. The molecule has 2 fully saturated rings. The van der Waals surface area contributed by atoms with Crippen molar-refractivity contribution in [1.82, 2.24) is 9.21 Å². The van der Waals surface area contributed by atoms with Crippen molar-refractivity contribution in [2.75, 3.05) is 17.8 Å². The molecule has 0 unspecified atom stereocenters. The van der Waals surface area contributed by atoms with E-state index in [1.54, 1.807) is 21.3 Å². The Kier molecular flexibility index (Phi) is 6.52. The lowest BCUT2D eigenvalue weighted by Crippen LogP contribution is -2.49. The number of sulfonamides is 2. The van der Waals surface area contributed by atoms with Crippen molar-refractivity contribution >= 4 is 31.6 Å². The summed E-state index contributed by atoms with van der Waals surface area (Å²) in [5, 5.41) is 0. The molecular formula is C23H29N3O5S2. The molecule has 1 heterocycles. The first-order valence-electron chi connectivity index (χ1n) is 11.1. The average molecular weight is 492 g/mol. The number of hydrogen-bond donors (Lipinski definition) is 1. The van der Waals surface area contributed by atoms with E-state index in [0.29, 0.717) is 31.6 Å². The lowest BCUT2D eigenvalue weighted by atomic mass is 10.0. The Morgan fingerprint density at radius 1 is 0.848 bits per heavy atom. The summed E-state index contributed by atoms with van der Waals surface area (Å²) in [5.41, 5.74) is 1.25. The highest BCUT2D eigenvalue weighted by molar-refractivity contribution is 7.92. The van der Waals surface area contributed by atoms with Crippen LogP contribution in [0.5, 0.6) is 0 Å². The number of carbonyl (C=O) groups is 1. The molecule has 1 aliphatic heterocycles. The Labute approximate surface area is 195 Å². The molecule has 8 nitrogen and oxygen atoms in total. The fourth-order valence-corrected chi connectivity index (χ4v) is 7.19. The Bertz CT molecular complexity index is 1210. The van der Waals surface area contributed by atoms with Crippen LogP contribution in [0.3, 0.4) is 0 Å². The number of carbonyl (C=O) groups excluding carboxylic acids is 1. The predicted molar refractivity (Wildman–Crippen MR) is 126 cm³/mol. The van der Waals surface area contributed by atoms with Crippen molar-refractivity contribution in [3.8, 4) is 0 Å². The van der Waals surface area contributed by atoms with E-state index in [9.17, 15) is 21.6 Å². The molecule has 33 heavy (non-hydrogen) atoms. The van der Waals surface area contributed by atoms with Crippen LogP contribution in [0.4, 0.5) is 5.69 Å². The quantitative estimate of drug-likeness (QED) is 0.641. The monoisotopic (exact) mass is 491 g/mol. The highest BCUT2D eigenvalue weighted by Crippen LogP contribution is 2.37. The average Bonchev–Trinajstić information content (AvgIpc) is 3.59. The van der Waals surface area contributed by atoms with Gasteiger partial charge in [0.2, 0.25) is 15.9 Å². The zero-order chi connectivity index (χ0) is 23.8. The molecule has 0 atom stereocenters. The molecule has 2 aromatic carbocycles. The first-order chi connectivity index (χ1) is 15.6. The lowest BCUT2D eigenvalue weighted by molar-refractivity contribution is -0.130. The van der Waals surface area contributed by atoms with Gasteiger partial charge in [0.15, 0.2) is 0 Å².